The molecule has 0 aliphatic rings. The Morgan fingerprint density at radius 2 is 1.52 bits per heavy atom. The second-order valence-electron chi connectivity index (χ2n) is 6.11. The molecule has 4 nitrogen and oxygen atoms in total. The quantitative estimate of drug-likeness (QED) is 0.593. The molecule has 0 unspecified atom stereocenters. The van der Waals surface area contributed by atoms with Crippen LogP contribution in [0.3, 0.4) is 0 Å². The van der Waals surface area contributed by atoms with E-state index in [0.29, 0.717) is 11.3 Å². The molecule has 116 valence electrons. The summed E-state index contributed by atoms with van der Waals surface area (Å²) in [5.74, 6) is 0.148. The normalized spacial score (nSPS) is 11.6. The van der Waals surface area contributed by atoms with Gasteiger partial charge in [-0.05, 0) is 52.0 Å². The number of ether oxygens (including phenoxy) is 2. The molecule has 0 saturated carbocycles. The SMILES string of the molecule is CC(C)OC(=O)C(C)(C)Oc1ccc(C(=O)C(C)C)cc1. The molecule has 0 saturated heterocycles. The summed E-state index contributed by atoms with van der Waals surface area (Å²) in [5.41, 5.74) is -0.437. The van der Waals surface area contributed by atoms with Gasteiger partial charge in [-0.3, -0.25) is 4.79 Å². The van der Waals surface area contributed by atoms with E-state index >= 15 is 0 Å². The molecule has 0 spiro atoms. The van der Waals surface area contributed by atoms with Crippen LogP contribution in [0.1, 0.15) is 51.9 Å². The van der Waals surface area contributed by atoms with Gasteiger partial charge in [-0.1, -0.05) is 13.8 Å². The van der Waals surface area contributed by atoms with E-state index in [-0.39, 0.29) is 17.8 Å². The van der Waals surface area contributed by atoms with E-state index < -0.39 is 11.6 Å². The number of rotatable bonds is 6. The van der Waals surface area contributed by atoms with Gasteiger partial charge in [-0.25, -0.2) is 4.79 Å². The number of benzene rings is 1. The number of Topliss-reactive ketones (excluding diaryl/α,β-unsaturated/α-hetero) is 1. The van der Waals surface area contributed by atoms with E-state index in [1.54, 1.807) is 52.0 Å². The zero-order valence-corrected chi connectivity index (χ0v) is 13.6. The van der Waals surface area contributed by atoms with Crippen LogP contribution in [0.15, 0.2) is 24.3 Å². The monoisotopic (exact) mass is 292 g/mol. The molecule has 1 rings (SSSR count). The Labute approximate surface area is 126 Å². The molecule has 0 aliphatic carbocycles. The Bertz CT molecular complexity index is 498. The summed E-state index contributed by atoms with van der Waals surface area (Å²) in [5, 5.41) is 0. The third kappa shape index (κ3) is 4.88. The fourth-order valence-corrected chi connectivity index (χ4v) is 1.71. The first kappa shape index (κ1) is 17.2. The molecular formula is C17H24O4. The van der Waals surface area contributed by atoms with Crippen molar-refractivity contribution < 1.29 is 19.1 Å². The molecule has 0 radical (unpaired) electrons. The largest absolute Gasteiger partial charge is 0.476 e. The lowest BCUT2D eigenvalue weighted by Gasteiger charge is -2.25. The van der Waals surface area contributed by atoms with Crippen molar-refractivity contribution in [2.24, 2.45) is 5.92 Å². The van der Waals surface area contributed by atoms with Crippen LogP contribution < -0.4 is 4.74 Å². The molecule has 0 aromatic heterocycles. The molecule has 0 atom stereocenters. The molecule has 0 amide bonds. The van der Waals surface area contributed by atoms with Crippen LogP contribution >= 0.6 is 0 Å². The van der Waals surface area contributed by atoms with Crippen molar-refractivity contribution in [2.75, 3.05) is 0 Å². The summed E-state index contributed by atoms with van der Waals surface area (Å²) < 4.78 is 10.8. The van der Waals surface area contributed by atoms with Gasteiger partial charge < -0.3 is 9.47 Å². The minimum atomic E-state index is -1.08. The molecular weight excluding hydrogens is 268 g/mol. The summed E-state index contributed by atoms with van der Waals surface area (Å²) in [6.07, 6.45) is -0.189. The lowest BCUT2D eigenvalue weighted by atomic mass is 10.0. The number of hydrogen-bond acceptors (Lipinski definition) is 4. The van der Waals surface area contributed by atoms with Crippen LogP contribution in [0.2, 0.25) is 0 Å². The molecule has 21 heavy (non-hydrogen) atoms. The first-order valence-electron chi connectivity index (χ1n) is 7.18. The van der Waals surface area contributed by atoms with Gasteiger partial charge in [0, 0.05) is 11.5 Å². The number of carbonyl (C=O) groups is 2. The van der Waals surface area contributed by atoms with E-state index in [4.69, 9.17) is 9.47 Å². The summed E-state index contributed by atoms with van der Waals surface area (Å²) >= 11 is 0. The fourth-order valence-electron chi connectivity index (χ4n) is 1.71. The topological polar surface area (TPSA) is 52.6 Å². The maximum absolute atomic E-state index is 11.9. The highest BCUT2D eigenvalue weighted by molar-refractivity contribution is 5.97. The number of hydrogen-bond donors (Lipinski definition) is 0. The van der Waals surface area contributed by atoms with Crippen LogP contribution in [0.25, 0.3) is 0 Å². The number of ketones is 1. The third-order valence-corrected chi connectivity index (χ3v) is 2.87. The second-order valence-corrected chi connectivity index (χ2v) is 6.11. The predicted octanol–water partition coefficient (Wildman–Crippen LogP) is 3.63. The van der Waals surface area contributed by atoms with E-state index in [2.05, 4.69) is 0 Å². The van der Waals surface area contributed by atoms with Gasteiger partial charge in [0.15, 0.2) is 11.4 Å². The van der Waals surface area contributed by atoms with Gasteiger partial charge in [0.1, 0.15) is 5.75 Å². The minimum Gasteiger partial charge on any atom is -0.476 e. The molecule has 1 aromatic carbocycles. The second kappa shape index (κ2) is 6.74. The van der Waals surface area contributed by atoms with Gasteiger partial charge in [-0.2, -0.15) is 0 Å². The Morgan fingerprint density at radius 3 is 1.95 bits per heavy atom. The number of esters is 1. The van der Waals surface area contributed by atoms with Crippen molar-refractivity contribution >= 4 is 11.8 Å². The van der Waals surface area contributed by atoms with Crippen molar-refractivity contribution in [2.45, 2.75) is 53.2 Å². The van der Waals surface area contributed by atoms with E-state index in [1.807, 2.05) is 13.8 Å². The maximum atomic E-state index is 11.9. The molecule has 4 heteroatoms. The average molecular weight is 292 g/mol. The van der Waals surface area contributed by atoms with Crippen LogP contribution in [0.4, 0.5) is 0 Å². The summed E-state index contributed by atoms with van der Waals surface area (Å²) in [4.78, 5) is 23.8. The molecule has 1 aromatic rings. The highest BCUT2D eigenvalue weighted by atomic mass is 16.6. The van der Waals surface area contributed by atoms with Crippen molar-refractivity contribution in [3.63, 3.8) is 0 Å². The average Bonchev–Trinajstić information content (AvgIpc) is 2.37. The molecule has 0 fully saturated rings. The van der Waals surface area contributed by atoms with E-state index in [0.717, 1.165) is 0 Å². The first-order valence-corrected chi connectivity index (χ1v) is 7.18. The minimum absolute atomic E-state index is 0.0470. The van der Waals surface area contributed by atoms with Crippen molar-refractivity contribution in [3.05, 3.63) is 29.8 Å². The summed E-state index contributed by atoms with van der Waals surface area (Å²) in [6, 6.07) is 6.81. The zero-order valence-electron chi connectivity index (χ0n) is 13.6. The van der Waals surface area contributed by atoms with Gasteiger partial charge in [0.05, 0.1) is 6.10 Å². The highest BCUT2D eigenvalue weighted by Crippen LogP contribution is 2.21. The van der Waals surface area contributed by atoms with E-state index in [9.17, 15) is 9.59 Å². The molecule has 0 aliphatic heterocycles. The Morgan fingerprint density at radius 1 is 1.00 bits per heavy atom. The molecule has 0 bridgehead atoms. The van der Waals surface area contributed by atoms with Crippen molar-refractivity contribution in [1.29, 1.82) is 0 Å². The van der Waals surface area contributed by atoms with Gasteiger partial charge in [0.25, 0.3) is 0 Å². The van der Waals surface area contributed by atoms with Gasteiger partial charge >= 0.3 is 5.97 Å². The standard InChI is InChI=1S/C17H24O4/c1-11(2)15(18)13-7-9-14(10-8-13)21-17(5,6)16(19)20-12(3)4/h7-12H,1-6H3. The Kier molecular flexibility index (Phi) is 5.53. The fraction of sp³-hybridized carbons (Fsp3) is 0.529. The summed E-state index contributed by atoms with van der Waals surface area (Å²) in [6.45, 7) is 10.6. The Balaban J connectivity index is 2.79. The molecule has 0 heterocycles. The first-order chi connectivity index (χ1) is 9.63. The van der Waals surface area contributed by atoms with Crippen molar-refractivity contribution in [1.82, 2.24) is 0 Å². The molecule has 0 N–H and O–H groups in total. The summed E-state index contributed by atoms with van der Waals surface area (Å²) in [7, 11) is 0. The van der Waals surface area contributed by atoms with Crippen LogP contribution in [-0.2, 0) is 9.53 Å². The predicted molar refractivity (Wildman–Crippen MR) is 81.5 cm³/mol. The third-order valence-electron chi connectivity index (χ3n) is 2.87. The lowest BCUT2D eigenvalue weighted by molar-refractivity contribution is -0.163. The highest BCUT2D eigenvalue weighted by Gasteiger charge is 2.32. The van der Waals surface area contributed by atoms with Crippen LogP contribution in [0.5, 0.6) is 5.75 Å². The lowest BCUT2D eigenvalue weighted by Crippen LogP contribution is -2.40. The zero-order chi connectivity index (χ0) is 16.2. The van der Waals surface area contributed by atoms with Crippen LogP contribution in [-0.4, -0.2) is 23.5 Å². The van der Waals surface area contributed by atoms with E-state index in [1.165, 1.54) is 0 Å². The van der Waals surface area contributed by atoms with Crippen LogP contribution in [0, 0.1) is 5.92 Å². The van der Waals surface area contributed by atoms with Crippen molar-refractivity contribution in [3.8, 4) is 5.75 Å². The Hall–Kier alpha value is -1.84. The van der Waals surface area contributed by atoms with Gasteiger partial charge in [-0.15, -0.1) is 0 Å². The maximum Gasteiger partial charge on any atom is 0.350 e. The number of carbonyl (C=O) groups excluding carboxylic acids is 2. The smallest absolute Gasteiger partial charge is 0.350 e. The van der Waals surface area contributed by atoms with Gasteiger partial charge in [0.2, 0.25) is 0 Å².